The van der Waals surface area contributed by atoms with Gasteiger partial charge in [-0.15, -0.1) is 0 Å². The van der Waals surface area contributed by atoms with Crippen LogP contribution in [0.3, 0.4) is 0 Å². The number of halogens is 2. The lowest BCUT2D eigenvalue weighted by molar-refractivity contribution is 0.0697. The minimum absolute atomic E-state index is 0.0401. The summed E-state index contributed by atoms with van der Waals surface area (Å²) in [4.78, 5) is 22.8. The second-order valence-corrected chi connectivity index (χ2v) is 5.41. The van der Waals surface area contributed by atoms with Crippen LogP contribution in [0, 0.1) is 0 Å². The van der Waals surface area contributed by atoms with Crippen molar-refractivity contribution in [3.63, 3.8) is 0 Å². The standard InChI is InChI=1S/C14H10BrClN2O3/c15-9-2-4-10(5-3-9)17-14(21)18-12-7-8(13(19)20)1-6-11(12)16/h1-7H,(H,19,20)(H2,17,18,21). The van der Waals surface area contributed by atoms with E-state index in [1.807, 2.05) is 0 Å². The second-order valence-electron chi connectivity index (χ2n) is 4.09. The Morgan fingerprint density at radius 2 is 1.71 bits per heavy atom. The molecule has 0 aliphatic heterocycles. The lowest BCUT2D eigenvalue weighted by Crippen LogP contribution is -2.19. The molecular formula is C14H10BrClN2O3. The summed E-state index contributed by atoms with van der Waals surface area (Å²) in [5.41, 5.74) is 0.866. The number of hydrogen-bond donors (Lipinski definition) is 3. The highest BCUT2D eigenvalue weighted by Gasteiger charge is 2.10. The van der Waals surface area contributed by atoms with Gasteiger partial charge in [0.15, 0.2) is 0 Å². The van der Waals surface area contributed by atoms with Gasteiger partial charge in [0.05, 0.1) is 16.3 Å². The van der Waals surface area contributed by atoms with E-state index in [4.69, 9.17) is 16.7 Å². The van der Waals surface area contributed by atoms with E-state index in [1.54, 1.807) is 24.3 Å². The normalized spacial score (nSPS) is 10.0. The average Bonchev–Trinajstić information content (AvgIpc) is 2.43. The Morgan fingerprint density at radius 3 is 2.33 bits per heavy atom. The van der Waals surface area contributed by atoms with E-state index in [-0.39, 0.29) is 16.3 Å². The van der Waals surface area contributed by atoms with Gasteiger partial charge in [-0.1, -0.05) is 27.5 Å². The summed E-state index contributed by atoms with van der Waals surface area (Å²) in [6.45, 7) is 0. The highest BCUT2D eigenvalue weighted by atomic mass is 79.9. The zero-order chi connectivity index (χ0) is 15.4. The molecule has 0 aliphatic carbocycles. The number of rotatable bonds is 3. The lowest BCUT2D eigenvalue weighted by Gasteiger charge is -2.10. The summed E-state index contributed by atoms with van der Waals surface area (Å²) in [6.07, 6.45) is 0. The third-order valence-electron chi connectivity index (χ3n) is 2.56. The largest absolute Gasteiger partial charge is 0.478 e. The number of carboxylic acids is 1. The minimum atomic E-state index is -1.09. The third-order valence-corrected chi connectivity index (χ3v) is 3.42. The van der Waals surface area contributed by atoms with E-state index in [9.17, 15) is 9.59 Å². The number of benzene rings is 2. The van der Waals surface area contributed by atoms with Crippen LogP contribution >= 0.6 is 27.5 Å². The molecule has 0 saturated heterocycles. The number of nitrogens with one attached hydrogen (secondary N) is 2. The van der Waals surface area contributed by atoms with Gasteiger partial charge in [0.2, 0.25) is 0 Å². The molecule has 0 aliphatic rings. The lowest BCUT2D eigenvalue weighted by atomic mass is 10.2. The van der Waals surface area contributed by atoms with Crippen molar-refractivity contribution in [2.45, 2.75) is 0 Å². The molecule has 0 radical (unpaired) electrons. The number of amides is 2. The zero-order valence-electron chi connectivity index (χ0n) is 10.6. The van der Waals surface area contributed by atoms with Crippen molar-refractivity contribution in [2.24, 2.45) is 0 Å². The molecule has 2 aromatic carbocycles. The van der Waals surface area contributed by atoms with Gasteiger partial charge in [0, 0.05) is 10.2 Å². The zero-order valence-corrected chi connectivity index (χ0v) is 12.9. The molecule has 0 heterocycles. The predicted octanol–water partition coefficient (Wildman–Crippen LogP) is 4.44. The molecular weight excluding hydrogens is 360 g/mol. The summed E-state index contributed by atoms with van der Waals surface area (Å²) in [6, 6.07) is 10.6. The first-order valence-corrected chi connectivity index (χ1v) is 6.99. The number of hydrogen-bond acceptors (Lipinski definition) is 2. The van der Waals surface area contributed by atoms with Crippen LogP contribution in [0.4, 0.5) is 16.2 Å². The molecule has 2 rings (SSSR count). The maximum atomic E-state index is 11.9. The fourth-order valence-electron chi connectivity index (χ4n) is 1.57. The number of anilines is 2. The molecule has 2 amide bonds. The highest BCUT2D eigenvalue weighted by Crippen LogP contribution is 2.23. The first kappa shape index (κ1) is 15.3. The molecule has 0 spiro atoms. The summed E-state index contributed by atoms with van der Waals surface area (Å²) < 4.78 is 0.894. The fourth-order valence-corrected chi connectivity index (χ4v) is 2.00. The average molecular weight is 370 g/mol. The minimum Gasteiger partial charge on any atom is -0.478 e. The van der Waals surface area contributed by atoms with Crippen LogP contribution < -0.4 is 10.6 Å². The Bertz CT molecular complexity index is 689. The predicted molar refractivity (Wildman–Crippen MR) is 85.2 cm³/mol. The van der Waals surface area contributed by atoms with E-state index in [1.165, 1.54) is 18.2 Å². The molecule has 2 aromatic rings. The molecule has 0 saturated carbocycles. The van der Waals surface area contributed by atoms with E-state index < -0.39 is 12.0 Å². The molecule has 108 valence electrons. The van der Waals surface area contributed by atoms with Gasteiger partial charge in [0.25, 0.3) is 0 Å². The molecule has 5 nitrogen and oxygen atoms in total. The molecule has 0 bridgehead atoms. The Labute approximate surface area is 134 Å². The maximum Gasteiger partial charge on any atom is 0.335 e. The van der Waals surface area contributed by atoms with Crippen LogP contribution in [0.15, 0.2) is 46.9 Å². The van der Waals surface area contributed by atoms with Crippen LogP contribution in [-0.2, 0) is 0 Å². The molecule has 0 aromatic heterocycles. The van der Waals surface area contributed by atoms with Crippen molar-refractivity contribution < 1.29 is 14.7 Å². The van der Waals surface area contributed by atoms with Gasteiger partial charge in [0.1, 0.15) is 0 Å². The highest BCUT2D eigenvalue weighted by molar-refractivity contribution is 9.10. The summed E-state index contributed by atoms with van der Waals surface area (Å²) in [5.74, 6) is -1.09. The number of carbonyl (C=O) groups is 2. The Morgan fingerprint density at radius 1 is 1.05 bits per heavy atom. The summed E-state index contributed by atoms with van der Waals surface area (Å²) in [7, 11) is 0. The SMILES string of the molecule is O=C(Nc1ccc(Br)cc1)Nc1cc(C(=O)O)ccc1Cl. The molecule has 3 N–H and O–H groups in total. The molecule has 0 fully saturated rings. The Kier molecular flexibility index (Phi) is 4.82. The molecule has 21 heavy (non-hydrogen) atoms. The first-order valence-electron chi connectivity index (χ1n) is 5.82. The maximum absolute atomic E-state index is 11.9. The van der Waals surface area contributed by atoms with Crippen molar-refractivity contribution in [2.75, 3.05) is 10.6 Å². The van der Waals surface area contributed by atoms with Crippen molar-refractivity contribution in [1.29, 1.82) is 0 Å². The van der Waals surface area contributed by atoms with Crippen LogP contribution in [-0.4, -0.2) is 17.1 Å². The number of aromatic carboxylic acids is 1. The van der Waals surface area contributed by atoms with E-state index in [0.29, 0.717) is 5.69 Å². The first-order chi connectivity index (χ1) is 9.95. The van der Waals surface area contributed by atoms with E-state index >= 15 is 0 Å². The number of carbonyl (C=O) groups excluding carboxylic acids is 1. The van der Waals surface area contributed by atoms with Gasteiger partial charge in [-0.3, -0.25) is 0 Å². The van der Waals surface area contributed by atoms with Crippen LogP contribution in [0.5, 0.6) is 0 Å². The topological polar surface area (TPSA) is 78.4 Å². The van der Waals surface area contributed by atoms with Gasteiger partial charge in [-0.05, 0) is 42.5 Å². The van der Waals surface area contributed by atoms with E-state index in [2.05, 4.69) is 26.6 Å². The van der Waals surface area contributed by atoms with Crippen molar-refractivity contribution in [3.8, 4) is 0 Å². The Hall–Kier alpha value is -2.05. The smallest absolute Gasteiger partial charge is 0.335 e. The Balaban J connectivity index is 2.10. The summed E-state index contributed by atoms with van der Waals surface area (Å²) >= 11 is 9.22. The van der Waals surface area contributed by atoms with E-state index in [0.717, 1.165) is 4.47 Å². The molecule has 0 unspecified atom stereocenters. The number of carboxylic acid groups (broad SMARTS) is 1. The van der Waals surface area contributed by atoms with Gasteiger partial charge in [-0.2, -0.15) is 0 Å². The summed E-state index contributed by atoms with van der Waals surface area (Å²) in [5, 5.41) is 14.3. The van der Waals surface area contributed by atoms with Crippen LogP contribution in [0.25, 0.3) is 0 Å². The fraction of sp³-hybridized carbons (Fsp3) is 0. The molecule has 0 atom stereocenters. The van der Waals surface area contributed by atoms with Crippen molar-refractivity contribution in [1.82, 2.24) is 0 Å². The quantitative estimate of drug-likeness (QED) is 0.748. The third kappa shape index (κ3) is 4.21. The van der Waals surface area contributed by atoms with Crippen LogP contribution in [0.2, 0.25) is 5.02 Å². The van der Waals surface area contributed by atoms with Crippen LogP contribution in [0.1, 0.15) is 10.4 Å². The second kappa shape index (κ2) is 6.60. The van der Waals surface area contributed by atoms with Gasteiger partial charge in [-0.25, -0.2) is 9.59 Å². The van der Waals surface area contributed by atoms with Gasteiger partial charge < -0.3 is 15.7 Å². The molecule has 7 heteroatoms. The van der Waals surface area contributed by atoms with Crippen molar-refractivity contribution in [3.05, 3.63) is 57.5 Å². The number of urea groups is 1. The van der Waals surface area contributed by atoms with Crippen molar-refractivity contribution >= 4 is 50.9 Å². The van der Waals surface area contributed by atoms with Gasteiger partial charge >= 0.3 is 12.0 Å². The monoisotopic (exact) mass is 368 g/mol.